The highest BCUT2D eigenvalue weighted by atomic mass is 16.5. The first-order chi connectivity index (χ1) is 7.21. The third-order valence-corrected chi connectivity index (χ3v) is 3.47. The van der Waals surface area contributed by atoms with Gasteiger partial charge in [0.2, 0.25) is 0 Å². The molecular weight excluding hydrogens is 186 g/mol. The Balaban J connectivity index is 2.33. The van der Waals surface area contributed by atoms with E-state index in [9.17, 15) is 0 Å². The minimum atomic E-state index is 0.411. The SMILES string of the molecule is CNC(c1ccccc1OC)C1(C)CC1. The van der Waals surface area contributed by atoms with Crippen molar-refractivity contribution in [3.63, 3.8) is 0 Å². The maximum Gasteiger partial charge on any atom is 0.123 e. The molecule has 2 nitrogen and oxygen atoms in total. The van der Waals surface area contributed by atoms with E-state index in [1.165, 1.54) is 18.4 Å². The summed E-state index contributed by atoms with van der Waals surface area (Å²) in [5.41, 5.74) is 1.70. The third-order valence-electron chi connectivity index (χ3n) is 3.47. The molecule has 1 aromatic carbocycles. The summed E-state index contributed by atoms with van der Waals surface area (Å²) in [7, 11) is 3.77. The molecule has 15 heavy (non-hydrogen) atoms. The van der Waals surface area contributed by atoms with Crippen molar-refractivity contribution in [2.75, 3.05) is 14.2 Å². The van der Waals surface area contributed by atoms with E-state index in [-0.39, 0.29) is 0 Å². The van der Waals surface area contributed by atoms with Crippen molar-refractivity contribution in [3.05, 3.63) is 29.8 Å². The van der Waals surface area contributed by atoms with Gasteiger partial charge in [0.25, 0.3) is 0 Å². The van der Waals surface area contributed by atoms with Gasteiger partial charge in [-0.1, -0.05) is 25.1 Å². The van der Waals surface area contributed by atoms with Crippen LogP contribution in [0.4, 0.5) is 0 Å². The molecule has 0 heterocycles. The average molecular weight is 205 g/mol. The minimum absolute atomic E-state index is 0.411. The van der Waals surface area contributed by atoms with Gasteiger partial charge in [-0.05, 0) is 31.4 Å². The number of para-hydroxylation sites is 1. The minimum Gasteiger partial charge on any atom is -0.496 e. The van der Waals surface area contributed by atoms with Gasteiger partial charge in [-0.25, -0.2) is 0 Å². The molecule has 2 rings (SSSR count). The molecular formula is C13H19NO. The van der Waals surface area contributed by atoms with E-state index in [4.69, 9.17) is 4.74 Å². The second-order valence-electron chi connectivity index (χ2n) is 4.62. The Hall–Kier alpha value is -1.02. The maximum absolute atomic E-state index is 5.41. The molecule has 1 aliphatic rings. The van der Waals surface area contributed by atoms with E-state index in [0.717, 1.165) is 5.75 Å². The quantitative estimate of drug-likeness (QED) is 0.816. The molecule has 0 aliphatic heterocycles. The number of methoxy groups -OCH3 is 1. The smallest absolute Gasteiger partial charge is 0.123 e. The van der Waals surface area contributed by atoms with Gasteiger partial charge in [0.15, 0.2) is 0 Å². The monoisotopic (exact) mass is 205 g/mol. The molecule has 82 valence electrons. The summed E-state index contributed by atoms with van der Waals surface area (Å²) in [6, 6.07) is 8.70. The van der Waals surface area contributed by atoms with Gasteiger partial charge in [0, 0.05) is 11.6 Å². The zero-order valence-electron chi connectivity index (χ0n) is 9.71. The summed E-state index contributed by atoms with van der Waals surface area (Å²) >= 11 is 0. The van der Waals surface area contributed by atoms with Gasteiger partial charge < -0.3 is 10.1 Å². The Morgan fingerprint density at radius 2 is 2.00 bits per heavy atom. The lowest BCUT2D eigenvalue weighted by Crippen LogP contribution is -2.24. The van der Waals surface area contributed by atoms with E-state index in [1.54, 1.807) is 7.11 Å². The molecule has 0 saturated heterocycles. The molecule has 1 saturated carbocycles. The van der Waals surface area contributed by atoms with Gasteiger partial charge in [0.05, 0.1) is 7.11 Å². The predicted molar refractivity (Wildman–Crippen MR) is 62.1 cm³/mol. The van der Waals surface area contributed by atoms with Crippen LogP contribution >= 0.6 is 0 Å². The van der Waals surface area contributed by atoms with E-state index in [0.29, 0.717) is 11.5 Å². The van der Waals surface area contributed by atoms with Crippen molar-refractivity contribution in [1.82, 2.24) is 5.32 Å². The van der Waals surface area contributed by atoms with Crippen LogP contribution in [0.1, 0.15) is 31.4 Å². The first-order valence-corrected chi connectivity index (χ1v) is 5.51. The van der Waals surface area contributed by atoms with Crippen molar-refractivity contribution < 1.29 is 4.74 Å². The van der Waals surface area contributed by atoms with Crippen LogP contribution in [0.15, 0.2) is 24.3 Å². The maximum atomic E-state index is 5.41. The van der Waals surface area contributed by atoms with Gasteiger partial charge in [-0.3, -0.25) is 0 Å². The van der Waals surface area contributed by atoms with Crippen molar-refractivity contribution >= 4 is 0 Å². The predicted octanol–water partition coefficient (Wildman–Crippen LogP) is 2.76. The number of ether oxygens (including phenoxy) is 1. The van der Waals surface area contributed by atoms with Crippen LogP contribution in [-0.2, 0) is 0 Å². The number of nitrogens with one attached hydrogen (secondary N) is 1. The zero-order valence-corrected chi connectivity index (χ0v) is 9.71. The molecule has 1 unspecified atom stereocenters. The van der Waals surface area contributed by atoms with Gasteiger partial charge in [-0.15, -0.1) is 0 Å². The van der Waals surface area contributed by atoms with Crippen LogP contribution in [0.5, 0.6) is 5.75 Å². The van der Waals surface area contributed by atoms with E-state index in [1.807, 2.05) is 19.2 Å². The summed E-state index contributed by atoms with van der Waals surface area (Å²) < 4.78 is 5.41. The van der Waals surface area contributed by atoms with E-state index >= 15 is 0 Å². The summed E-state index contributed by atoms with van der Waals surface area (Å²) in [5.74, 6) is 0.991. The largest absolute Gasteiger partial charge is 0.496 e. The Morgan fingerprint density at radius 3 is 2.53 bits per heavy atom. The lowest BCUT2D eigenvalue weighted by molar-refractivity contribution is 0.358. The summed E-state index contributed by atoms with van der Waals surface area (Å²) in [5, 5.41) is 3.42. The Kier molecular flexibility index (Phi) is 2.70. The fourth-order valence-electron chi connectivity index (χ4n) is 2.27. The Labute approximate surface area is 91.6 Å². The Bertz CT molecular complexity index is 344. The van der Waals surface area contributed by atoms with E-state index in [2.05, 4.69) is 24.4 Å². The first-order valence-electron chi connectivity index (χ1n) is 5.51. The molecule has 0 aromatic heterocycles. The average Bonchev–Trinajstić information content (AvgIpc) is 2.99. The van der Waals surface area contributed by atoms with Crippen LogP contribution in [0.3, 0.4) is 0 Å². The second-order valence-corrected chi connectivity index (χ2v) is 4.62. The third kappa shape index (κ3) is 1.86. The van der Waals surface area contributed by atoms with Crippen LogP contribution in [0.25, 0.3) is 0 Å². The summed E-state index contributed by atoms with van der Waals surface area (Å²) in [6.07, 6.45) is 2.60. The molecule has 2 heteroatoms. The van der Waals surface area contributed by atoms with Crippen molar-refractivity contribution in [1.29, 1.82) is 0 Å². The van der Waals surface area contributed by atoms with Crippen molar-refractivity contribution in [3.8, 4) is 5.75 Å². The Morgan fingerprint density at radius 1 is 1.33 bits per heavy atom. The highest BCUT2D eigenvalue weighted by Crippen LogP contribution is 2.55. The molecule has 0 radical (unpaired) electrons. The lowest BCUT2D eigenvalue weighted by atomic mass is 9.91. The molecule has 0 amide bonds. The van der Waals surface area contributed by atoms with Crippen LogP contribution in [0, 0.1) is 5.41 Å². The molecule has 1 fully saturated rings. The van der Waals surface area contributed by atoms with Crippen molar-refractivity contribution in [2.45, 2.75) is 25.8 Å². The van der Waals surface area contributed by atoms with Crippen LogP contribution in [0.2, 0.25) is 0 Å². The first kappa shape index (κ1) is 10.5. The fourth-order valence-corrected chi connectivity index (χ4v) is 2.27. The number of benzene rings is 1. The molecule has 1 aromatic rings. The fraction of sp³-hybridized carbons (Fsp3) is 0.538. The van der Waals surface area contributed by atoms with Gasteiger partial charge >= 0.3 is 0 Å². The van der Waals surface area contributed by atoms with Gasteiger partial charge in [0.1, 0.15) is 5.75 Å². The van der Waals surface area contributed by atoms with Crippen molar-refractivity contribution in [2.24, 2.45) is 5.41 Å². The molecule has 1 atom stereocenters. The highest BCUT2D eigenvalue weighted by Gasteiger charge is 2.45. The molecule has 0 spiro atoms. The highest BCUT2D eigenvalue weighted by molar-refractivity contribution is 5.37. The second kappa shape index (κ2) is 3.86. The van der Waals surface area contributed by atoms with Crippen LogP contribution < -0.4 is 10.1 Å². The normalized spacial score (nSPS) is 19.7. The summed E-state index contributed by atoms with van der Waals surface area (Å²) in [6.45, 7) is 2.33. The van der Waals surface area contributed by atoms with E-state index < -0.39 is 0 Å². The lowest BCUT2D eigenvalue weighted by Gasteiger charge is -2.25. The van der Waals surface area contributed by atoms with Crippen LogP contribution in [-0.4, -0.2) is 14.2 Å². The summed E-state index contributed by atoms with van der Waals surface area (Å²) in [4.78, 5) is 0. The number of hydrogen-bond acceptors (Lipinski definition) is 2. The number of rotatable bonds is 4. The number of hydrogen-bond donors (Lipinski definition) is 1. The van der Waals surface area contributed by atoms with Gasteiger partial charge in [-0.2, -0.15) is 0 Å². The topological polar surface area (TPSA) is 21.3 Å². The zero-order chi connectivity index (χ0) is 10.9. The molecule has 1 aliphatic carbocycles. The molecule has 1 N–H and O–H groups in total. The molecule has 0 bridgehead atoms. The standard InChI is InChI=1S/C13H19NO/c1-13(8-9-13)12(14-2)10-6-4-5-7-11(10)15-3/h4-7,12,14H,8-9H2,1-3H3.